The fourth-order valence-electron chi connectivity index (χ4n) is 1.98. The molecule has 1 aromatic rings. The largest absolute Gasteiger partial charge is 0.470 e. The molecule has 2 rings (SSSR count). The van der Waals surface area contributed by atoms with E-state index in [2.05, 4.69) is 0 Å². The summed E-state index contributed by atoms with van der Waals surface area (Å²) in [5.74, 6) is 0. The van der Waals surface area contributed by atoms with Crippen LogP contribution < -0.4 is 0 Å². The first-order chi connectivity index (χ1) is 7.06. The summed E-state index contributed by atoms with van der Waals surface area (Å²) in [7, 11) is -4.39. The molecule has 0 heterocycles. The average Bonchev–Trinajstić information content (AvgIpc) is 2.16. The maximum Gasteiger partial charge on any atom is 0.470 e. The minimum absolute atomic E-state index is 0.462. The van der Waals surface area contributed by atoms with E-state index in [9.17, 15) is 4.57 Å². The molecule has 0 amide bonds. The maximum atomic E-state index is 10.8. The summed E-state index contributed by atoms with van der Waals surface area (Å²) in [6.45, 7) is 0. The van der Waals surface area contributed by atoms with Gasteiger partial charge in [0.2, 0.25) is 0 Å². The van der Waals surface area contributed by atoms with E-state index in [1.54, 1.807) is 0 Å². The summed E-state index contributed by atoms with van der Waals surface area (Å²) in [5, 5.41) is 0. The number of phosphoric ester groups is 1. The van der Waals surface area contributed by atoms with Gasteiger partial charge in [-0.2, -0.15) is 0 Å². The van der Waals surface area contributed by atoms with Gasteiger partial charge in [-0.1, -0.05) is 24.3 Å². The third-order valence-corrected chi connectivity index (χ3v) is 3.11. The molecule has 0 bridgehead atoms. The van der Waals surface area contributed by atoms with Crippen molar-refractivity contribution in [3.63, 3.8) is 0 Å². The van der Waals surface area contributed by atoms with Crippen molar-refractivity contribution in [3.05, 3.63) is 35.4 Å². The highest BCUT2D eigenvalue weighted by molar-refractivity contribution is 7.46. The van der Waals surface area contributed by atoms with Crippen LogP contribution in [0.3, 0.4) is 0 Å². The standard InChI is InChI=1S/C10H13O4P/c11-15(12,13)14-10-7-3-5-8-4-1-2-6-9(8)10/h1-2,4,6,10H,3,5,7H2,(H2,11,12,13). The molecular weight excluding hydrogens is 215 g/mol. The van der Waals surface area contributed by atoms with Crippen molar-refractivity contribution in [1.82, 2.24) is 0 Å². The molecule has 5 heteroatoms. The molecule has 0 spiro atoms. The van der Waals surface area contributed by atoms with Crippen LogP contribution in [0.15, 0.2) is 24.3 Å². The van der Waals surface area contributed by atoms with Gasteiger partial charge in [-0.25, -0.2) is 4.57 Å². The Hall–Kier alpha value is -0.670. The Morgan fingerprint density at radius 3 is 2.80 bits per heavy atom. The zero-order valence-electron chi connectivity index (χ0n) is 8.17. The van der Waals surface area contributed by atoms with Gasteiger partial charge in [-0.15, -0.1) is 0 Å². The molecule has 15 heavy (non-hydrogen) atoms. The van der Waals surface area contributed by atoms with Gasteiger partial charge in [0, 0.05) is 0 Å². The van der Waals surface area contributed by atoms with Crippen LogP contribution >= 0.6 is 7.82 Å². The number of aryl methyl sites for hydroxylation is 1. The molecule has 0 aromatic heterocycles. The highest BCUT2D eigenvalue weighted by Gasteiger charge is 2.27. The number of benzene rings is 1. The van der Waals surface area contributed by atoms with E-state index in [0.717, 1.165) is 24.0 Å². The second-order valence-corrected chi connectivity index (χ2v) is 4.87. The van der Waals surface area contributed by atoms with Gasteiger partial charge in [0.15, 0.2) is 0 Å². The van der Waals surface area contributed by atoms with E-state index >= 15 is 0 Å². The molecule has 1 aromatic carbocycles. The Morgan fingerprint density at radius 1 is 1.33 bits per heavy atom. The predicted octanol–water partition coefficient (Wildman–Crippen LogP) is 2.17. The van der Waals surface area contributed by atoms with Crippen LogP contribution in [-0.2, 0) is 15.5 Å². The van der Waals surface area contributed by atoms with Gasteiger partial charge in [-0.05, 0) is 30.4 Å². The predicted molar refractivity (Wildman–Crippen MR) is 55.3 cm³/mol. The Labute approximate surface area is 88.1 Å². The van der Waals surface area contributed by atoms with Crippen LogP contribution in [0.25, 0.3) is 0 Å². The van der Waals surface area contributed by atoms with E-state index in [4.69, 9.17) is 14.3 Å². The number of fused-ring (bicyclic) bond motifs is 1. The zero-order valence-corrected chi connectivity index (χ0v) is 9.06. The van der Waals surface area contributed by atoms with Crippen LogP contribution in [0.4, 0.5) is 0 Å². The van der Waals surface area contributed by atoms with Crippen molar-refractivity contribution in [1.29, 1.82) is 0 Å². The Kier molecular flexibility index (Phi) is 2.94. The number of rotatable bonds is 2. The monoisotopic (exact) mass is 228 g/mol. The van der Waals surface area contributed by atoms with E-state index < -0.39 is 13.9 Å². The van der Waals surface area contributed by atoms with Crippen LogP contribution in [-0.4, -0.2) is 9.79 Å². The van der Waals surface area contributed by atoms with Crippen LogP contribution in [0, 0.1) is 0 Å². The molecule has 0 fully saturated rings. The fourth-order valence-corrected chi connectivity index (χ4v) is 2.54. The fraction of sp³-hybridized carbons (Fsp3) is 0.400. The van der Waals surface area contributed by atoms with Gasteiger partial charge in [-0.3, -0.25) is 4.52 Å². The molecule has 0 saturated carbocycles. The smallest absolute Gasteiger partial charge is 0.303 e. The minimum atomic E-state index is -4.39. The third kappa shape index (κ3) is 2.67. The van der Waals surface area contributed by atoms with E-state index in [0.29, 0.717) is 6.42 Å². The molecule has 82 valence electrons. The lowest BCUT2D eigenvalue weighted by Crippen LogP contribution is -2.11. The first-order valence-corrected chi connectivity index (χ1v) is 6.41. The van der Waals surface area contributed by atoms with Crippen molar-refractivity contribution in [2.75, 3.05) is 0 Å². The molecule has 1 atom stereocenters. The number of hydrogen-bond donors (Lipinski definition) is 2. The number of hydrogen-bond acceptors (Lipinski definition) is 2. The highest BCUT2D eigenvalue weighted by atomic mass is 31.2. The summed E-state index contributed by atoms with van der Waals surface area (Å²) >= 11 is 0. The van der Waals surface area contributed by atoms with Gasteiger partial charge >= 0.3 is 7.82 Å². The second-order valence-electron chi connectivity index (χ2n) is 3.68. The van der Waals surface area contributed by atoms with Crippen molar-refractivity contribution >= 4 is 7.82 Å². The SMILES string of the molecule is O=P(O)(O)OC1CCCc2ccccc21. The van der Waals surface area contributed by atoms with Crippen LogP contribution in [0.1, 0.15) is 30.1 Å². The zero-order chi connectivity index (χ0) is 10.9. The summed E-state index contributed by atoms with van der Waals surface area (Å²) in [4.78, 5) is 17.6. The lowest BCUT2D eigenvalue weighted by atomic mass is 9.90. The van der Waals surface area contributed by atoms with Gasteiger partial charge < -0.3 is 9.79 Å². The molecule has 1 aliphatic rings. The molecule has 2 N–H and O–H groups in total. The number of phosphoric acid groups is 1. The van der Waals surface area contributed by atoms with Gasteiger partial charge in [0.25, 0.3) is 0 Å². The Morgan fingerprint density at radius 2 is 2.07 bits per heavy atom. The highest BCUT2D eigenvalue weighted by Crippen LogP contribution is 2.46. The molecule has 1 aliphatic carbocycles. The quantitative estimate of drug-likeness (QED) is 0.761. The van der Waals surface area contributed by atoms with Crippen molar-refractivity contribution < 1.29 is 18.9 Å². The van der Waals surface area contributed by atoms with Crippen LogP contribution in [0.2, 0.25) is 0 Å². The van der Waals surface area contributed by atoms with E-state index in [1.807, 2.05) is 24.3 Å². The van der Waals surface area contributed by atoms with E-state index in [-0.39, 0.29) is 0 Å². The van der Waals surface area contributed by atoms with Crippen molar-refractivity contribution in [3.8, 4) is 0 Å². The molecular formula is C10H13O4P. The summed E-state index contributed by atoms with van der Waals surface area (Å²) in [6.07, 6.45) is 2.07. The first kappa shape index (κ1) is 10.8. The maximum absolute atomic E-state index is 10.8. The summed E-state index contributed by atoms with van der Waals surface area (Å²) in [5.41, 5.74) is 2.04. The second kappa shape index (κ2) is 4.06. The average molecular weight is 228 g/mol. The summed E-state index contributed by atoms with van der Waals surface area (Å²) in [6, 6.07) is 7.64. The Bertz CT molecular complexity index is 398. The minimum Gasteiger partial charge on any atom is -0.303 e. The molecule has 0 saturated heterocycles. The lowest BCUT2D eigenvalue weighted by molar-refractivity contribution is 0.120. The lowest BCUT2D eigenvalue weighted by Gasteiger charge is -2.25. The third-order valence-electron chi connectivity index (χ3n) is 2.58. The topological polar surface area (TPSA) is 66.8 Å². The van der Waals surface area contributed by atoms with Crippen LogP contribution in [0.5, 0.6) is 0 Å². The molecule has 4 nitrogen and oxygen atoms in total. The van der Waals surface area contributed by atoms with E-state index in [1.165, 1.54) is 0 Å². The van der Waals surface area contributed by atoms with Gasteiger partial charge in [0.1, 0.15) is 0 Å². The summed E-state index contributed by atoms with van der Waals surface area (Å²) < 4.78 is 15.6. The normalized spacial score (nSPS) is 21.1. The first-order valence-electron chi connectivity index (χ1n) is 4.88. The van der Waals surface area contributed by atoms with Gasteiger partial charge in [0.05, 0.1) is 6.10 Å². The molecule has 1 unspecified atom stereocenters. The molecule has 0 aliphatic heterocycles. The Balaban J connectivity index is 2.26. The van der Waals surface area contributed by atoms with Crippen molar-refractivity contribution in [2.45, 2.75) is 25.4 Å². The molecule has 0 radical (unpaired) electrons. The van der Waals surface area contributed by atoms with Crippen molar-refractivity contribution in [2.24, 2.45) is 0 Å².